The van der Waals surface area contributed by atoms with E-state index in [2.05, 4.69) is 5.32 Å². The Morgan fingerprint density at radius 2 is 2.28 bits per heavy atom. The van der Waals surface area contributed by atoms with Gasteiger partial charge in [-0.25, -0.2) is 0 Å². The maximum atomic E-state index is 11.2. The molecular weight excluding hydrogens is 252 g/mol. The normalized spacial score (nSPS) is 10.2. The highest BCUT2D eigenvalue weighted by atomic mass is 35.5. The molecule has 5 heteroatoms. The molecule has 1 rings (SSSR count). The second kappa shape index (κ2) is 7.95. The first-order chi connectivity index (χ1) is 8.67. The number of rotatable bonds is 7. The average Bonchev–Trinajstić information content (AvgIpc) is 2.33. The number of nitrogens with two attached hydrogens (primary N) is 1. The molecule has 0 atom stereocenters. The molecule has 0 radical (unpaired) electrons. The van der Waals surface area contributed by atoms with E-state index in [9.17, 15) is 4.79 Å². The Morgan fingerprint density at radius 3 is 2.89 bits per heavy atom. The SMILES string of the molecule is CCNC(=O)CCOc1ccc(CCN)cc1Cl. The van der Waals surface area contributed by atoms with E-state index in [-0.39, 0.29) is 5.91 Å². The molecule has 100 valence electrons. The van der Waals surface area contributed by atoms with Gasteiger partial charge in [0, 0.05) is 6.54 Å². The van der Waals surface area contributed by atoms with Crippen molar-refractivity contribution in [2.45, 2.75) is 19.8 Å². The molecular formula is C13H19ClN2O2. The molecule has 0 saturated heterocycles. The summed E-state index contributed by atoms with van der Waals surface area (Å²) in [6, 6.07) is 5.58. The highest BCUT2D eigenvalue weighted by molar-refractivity contribution is 6.32. The third-order valence-electron chi connectivity index (χ3n) is 2.39. The lowest BCUT2D eigenvalue weighted by atomic mass is 10.1. The number of hydrogen-bond donors (Lipinski definition) is 2. The third-order valence-corrected chi connectivity index (χ3v) is 2.69. The van der Waals surface area contributed by atoms with E-state index in [4.69, 9.17) is 22.1 Å². The van der Waals surface area contributed by atoms with Crippen molar-refractivity contribution in [3.63, 3.8) is 0 Å². The molecule has 0 spiro atoms. The van der Waals surface area contributed by atoms with Crippen molar-refractivity contribution in [1.82, 2.24) is 5.32 Å². The van der Waals surface area contributed by atoms with E-state index >= 15 is 0 Å². The molecule has 0 saturated carbocycles. The molecule has 1 aromatic carbocycles. The zero-order chi connectivity index (χ0) is 13.4. The third kappa shape index (κ3) is 4.94. The minimum absolute atomic E-state index is 0.0200. The fourth-order valence-corrected chi connectivity index (χ4v) is 1.78. The summed E-state index contributed by atoms with van der Waals surface area (Å²) in [5.41, 5.74) is 6.55. The van der Waals surface area contributed by atoms with Crippen molar-refractivity contribution >= 4 is 17.5 Å². The fourth-order valence-electron chi connectivity index (χ4n) is 1.52. The van der Waals surface area contributed by atoms with E-state index in [0.717, 1.165) is 12.0 Å². The summed E-state index contributed by atoms with van der Waals surface area (Å²) in [5, 5.41) is 3.26. The summed E-state index contributed by atoms with van der Waals surface area (Å²) in [5.74, 6) is 0.579. The number of nitrogens with one attached hydrogen (secondary N) is 1. The van der Waals surface area contributed by atoms with Crippen molar-refractivity contribution in [2.24, 2.45) is 5.73 Å². The van der Waals surface area contributed by atoms with Crippen LogP contribution in [0.3, 0.4) is 0 Å². The zero-order valence-electron chi connectivity index (χ0n) is 10.5. The van der Waals surface area contributed by atoms with Crippen LogP contribution in [0, 0.1) is 0 Å². The molecule has 3 N–H and O–H groups in total. The van der Waals surface area contributed by atoms with Crippen LogP contribution in [0.1, 0.15) is 18.9 Å². The second-order valence-corrected chi connectivity index (χ2v) is 4.26. The number of halogens is 1. The molecule has 0 unspecified atom stereocenters. The number of amides is 1. The van der Waals surface area contributed by atoms with Gasteiger partial charge in [0.05, 0.1) is 18.1 Å². The topological polar surface area (TPSA) is 64.3 Å². The van der Waals surface area contributed by atoms with Crippen LogP contribution < -0.4 is 15.8 Å². The van der Waals surface area contributed by atoms with E-state index in [1.807, 2.05) is 25.1 Å². The number of carbonyl (C=O) groups excluding carboxylic acids is 1. The molecule has 0 bridgehead atoms. The van der Waals surface area contributed by atoms with Crippen molar-refractivity contribution in [2.75, 3.05) is 19.7 Å². The first kappa shape index (κ1) is 14.8. The van der Waals surface area contributed by atoms with E-state index in [0.29, 0.717) is 36.9 Å². The average molecular weight is 271 g/mol. The van der Waals surface area contributed by atoms with Gasteiger partial charge >= 0.3 is 0 Å². The first-order valence-corrected chi connectivity index (χ1v) is 6.43. The van der Waals surface area contributed by atoms with E-state index in [1.54, 1.807) is 0 Å². The Labute approximate surface area is 112 Å². The van der Waals surface area contributed by atoms with Crippen LogP contribution in [0.2, 0.25) is 5.02 Å². The van der Waals surface area contributed by atoms with Crippen LogP contribution in [0.15, 0.2) is 18.2 Å². The summed E-state index contributed by atoms with van der Waals surface area (Å²) in [6.45, 7) is 3.43. The fraction of sp³-hybridized carbons (Fsp3) is 0.462. The summed E-state index contributed by atoms with van der Waals surface area (Å²) < 4.78 is 5.46. The standard InChI is InChI=1S/C13H19ClN2O2/c1-2-16-13(17)6-8-18-12-4-3-10(5-7-15)9-11(12)14/h3-4,9H,2,5-8,15H2,1H3,(H,16,17). The van der Waals surface area contributed by atoms with Crippen LogP contribution in [-0.2, 0) is 11.2 Å². The smallest absolute Gasteiger partial charge is 0.223 e. The predicted octanol–water partition coefficient (Wildman–Crippen LogP) is 1.75. The lowest BCUT2D eigenvalue weighted by Gasteiger charge is -2.09. The van der Waals surface area contributed by atoms with E-state index < -0.39 is 0 Å². The van der Waals surface area contributed by atoms with E-state index in [1.165, 1.54) is 0 Å². The molecule has 18 heavy (non-hydrogen) atoms. The van der Waals surface area contributed by atoms with Gasteiger partial charge in [0.1, 0.15) is 5.75 Å². The van der Waals surface area contributed by atoms with Gasteiger partial charge in [0.15, 0.2) is 0 Å². The Morgan fingerprint density at radius 1 is 1.50 bits per heavy atom. The van der Waals surface area contributed by atoms with Gasteiger partial charge < -0.3 is 15.8 Å². The highest BCUT2D eigenvalue weighted by Gasteiger charge is 2.04. The van der Waals surface area contributed by atoms with Gasteiger partial charge in [0.25, 0.3) is 0 Å². The van der Waals surface area contributed by atoms with Crippen molar-refractivity contribution < 1.29 is 9.53 Å². The van der Waals surface area contributed by atoms with Crippen LogP contribution in [0.4, 0.5) is 0 Å². The van der Waals surface area contributed by atoms with Crippen molar-refractivity contribution in [1.29, 1.82) is 0 Å². The molecule has 0 aliphatic carbocycles. The second-order valence-electron chi connectivity index (χ2n) is 3.86. The van der Waals surface area contributed by atoms with Crippen LogP contribution in [-0.4, -0.2) is 25.6 Å². The summed E-state index contributed by atoms with van der Waals surface area (Å²) in [6.07, 6.45) is 1.12. The van der Waals surface area contributed by atoms with Crippen molar-refractivity contribution in [3.8, 4) is 5.75 Å². The van der Waals surface area contributed by atoms with Crippen LogP contribution in [0.5, 0.6) is 5.75 Å². The number of benzene rings is 1. The molecule has 4 nitrogen and oxygen atoms in total. The van der Waals surface area contributed by atoms with Crippen molar-refractivity contribution in [3.05, 3.63) is 28.8 Å². The molecule has 0 fully saturated rings. The van der Waals surface area contributed by atoms with Gasteiger partial charge in [0.2, 0.25) is 5.91 Å². The summed E-state index contributed by atoms with van der Waals surface area (Å²) in [7, 11) is 0. The molecule has 0 aliphatic heterocycles. The number of hydrogen-bond acceptors (Lipinski definition) is 3. The Kier molecular flexibility index (Phi) is 6.54. The highest BCUT2D eigenvalue weighted by Crippen LogP contribution is 2.25. The van der Waals surface area contributed by atoms with Crippen LogP contribution in [0.25, 0.3) is 0 Å². The molecule has 0 heterocycles. The monoisotopic (exact) mass is 270 g/mol. The molecule has 1 aromatic rings. The summed E-state index contributed by atoms with van der Waals surface area (Å²) >= 11 is 6.08. The summed E-state index contributed by atoms with van der Waals surface area (Å²) in [4.78, 5) is 11.2. The Hall–Kier alpha value is -1.26. The van der Waals surface area contributed by atoms with Gasteiger partial charge in [-0.3, -0.25) is 4.79 Å². The number of carbonyl (C=O) groups is 1. The minimum atomic E-state index is -0.0200. The molecule has 0 aromatic heterocycles. The van der Waals surface area contributed by atoms with Gasteiger partial charge in [-0.05, 0) is 37.6 Å². The quantitative estimate of drug-likeness (QED) is 0.793. The number of ether oxygens (including phenoxy) is 1. The lowest BCUT2D eigenvalue weighted by molar-refractivity contribution is -0.121. The van der Waals surface area contributed by atoms with Gasteiger partial charge in [-0.2, -0.15) is 0 Å². The largest absolute Gasteiger partial charge is 0.491 e. The van der Waals surface area contributed by atoms with Crippen LogP contribution >= 0.6 is 11.6 Å². The lowest BCUT2D eigenvalue weighted by Crippen LogP contribution is -2.24. The maximum absolute atomic E-state index is 11.2. The van der Waals surface area contributed by atoms with Gasteiger partial charge in [-0.1, -0.05) is 17.7 Å². The zero-order valence-corrected chi connectivity index (χ0v) is 11.3. The predicted molar refractivity (Wildman–Crippen MR) is 73.0 cm³/mol. The van der Waals surface area contributed by atoms with Gasteiger partial charge in [-0.15, -0.1) is 0 Å². The molecule has 1 amide bonds. The Bertz CT molecular complexity index is 397. The Balaban J connectivity index is 2.45. The maximum Gasteiger partial charge on any atom is 0.223 e. The molecule has 0 aliphatic rings. The minimum Gasteiger partial charge on any atom is -0.491 e. The first-order valence-electron chi connectivity index (χ1n) is 6.05.